The van der Waals surface area contributed by atoms with Crippen molar-refractivity contribution in [3.63, 3.8) is 0 Å². The Labute approximate surface area is 143 Å². The molecule has 0 radical (unpaired) electrons. The number of fused-ring (bicyclic) bond motifs is 2. The topological polar surface area (TPSA) is 64.2 Å². The van der Waals surface area contributed by atoms with Crippen LogP contribution in [0.1, 0.15) is 65.5 Å². The summed E-state index contributed by atoms with van der Waals surface area (Å²) in [6.45, 7) is 11.2. The SMILES string of the molecule is CCCCCN1C(=O)C(C)(C)c2cc3c(cc21)nc(N)n3C(C)C. The number of imidazole rings is 1. The number of rotatable bonds is 5. The lowest BCUT2D eigenvalue weighted by Gasteiger charge is -2.20. The van der Waals surface area contributed by atoms with Crippen LogP contribution >= 0.6 is 0 Å². The third-order valence-corrected chi connectivity index (χ3v) is 5.08. The summed E-state index contributed by atoms with van der Waals surface area (Å²) < 4.78 is 2.04. The number of amides is 1. The number of benzene rings is 1. The molecule has 5 heteroatoms. The molecule has 0 unspecified atom stereocenters. The van der Waals surface area contributed by atoms with E-state index in [-0.39, 0.29) is 11.9 Å². The van der Waals surface area contributed by atoms with Crippen LogP contribution in [0.4, 0.5) is 11.6 Å². The van der Waals surface area contributed by atoms with Crippen LogP contribution in [-0.2, 0) is 10.2 Å². The predicted octanol–water partition coefficient (Wildman–Crippen LogP) is 4.01. The van der Waals surface area contributed by atoms with Gasteiger partial charge in [0.15, 0.2) is 0 Å². The third kappa shape index (κ3) is 2.38. The van der Waals surface area contributed by atoms with E-state index in [1.165, 1.54) is 0 Å². The molecule has 1 amide bonds. The molecule has 2 heterocycles. The molecule has 0 fully saturated rings. The molecule has 3 rings (SSSR count). The van der Waals surface area contributed by atoms with Gasteiger partial charge in [0.1, 0.15) is 0 Å². The summed E-state index contributed by atoms with van der Waals surface area (Å²) in [5, 5.41) is 0. The molecule has 0 bridgehead atoms. The molecule has 1 aromatic heterocycles. The number of nitrogens with zero attached hydrogens (tertiary/aromatic N) is 3. The zero-order chi connectivity index (χ0) is 17.6. The Morgan fingerprint density at radius 3 is 2.58 bits per heavy atom. The normalized spacial score (nSPS) is 16.4. The van der Waals surface area contributed by atoms with Gasteiger partial charge in [0, 0.05) is 12.6 Å². The molecule has 0 aliphatic carbocycles. The van der Waals surface area contributed by atoms with Crippen LogP contribution in [0, 0.1) is 0 Å². The van der Waals surface area contributed by atoms with E-state index in [4.69, 9.17) is 5.73 Å². The van der Waals surface area contributed by atoms with Gasteiger partial charge in [0.25, 0.3) is 0 Å². The Balaban J connectivity index is 2.14. The Morgan fingerprint density at radius 1 is 1.25 bits per heavy atom. The molecule has 0 atom stereocenters. The minimum Gasteiger partial charge on any atom is -0.369 e. The number of anilines is 2. The first kappa shape index (κ1) is 16.8. The lowest BCUT2D eigenvalue weighted by Crippen LogP contribution is -2.36. The van der Waals surface area contributed by atoms with Crippen molar-refractivity contribution >= 4 is 28.6 Å². The molecule has 0 spiro atoms. The van der Waals surface area contributed by atoms with Gasteiger partial charge in [-0.1, -0.05) is 19.8 Å². The maximum absolute atomic E-state index is 12.9. The number of nitrogens with two attached hydrogens (primary N) is 1. The number of nitrogen functional groups attached to an aromatic ring is 1. The Bertz CT molecular complexity index is 788. The highest BCUT2D eigenvalue weighted by Crippen LogP contribution is 2.44. The zero-order valence-corrected chi connectivity index (χ0v) is 15.4. The van der Waals surface area contributed by atoms with Gasteiger partial charge in [0.2, 0.25) is 11.9 Å². The molecule has 1 aliphatic rings. The zero-order valence-electron chi connectivity index (χ0n) is 15.4. The summed E-state index contributed by atoms with van der Waals surface area (Å²) in [5.41, 5.74) is 9.57. The van der Waals surface area contributed by atoms with Crippen molar-refractivity contribution in [3.05, 3.63) is 17.7 Å². The molecule has 24 heavy (non-hydrogen) atoms. The monoisotopic (exact) mass is 328 g/mol. The standard InChI is InChI=1S/C19H28N4O/c1-6-7-8-9-22-15-11-14-16(23(12(2)3)18(20)21-14)10-13(15)19(4,5)17(22)24/h10-12H,6-9H2,1-5H3,(H2,20,21). The molecule has 1 aromatic carbocycles. The largest absolute Gasteiger partial charge is 0.369 e. The van der Waals surface area contributed by atoms with Crippen molar-refractivity contribution in [1.82, 2.24) is 9.55 Å². The van der Waals surface area contributed by atoms with Gasteiger partial charge in [-0.15, -0.1) is 0 Å². The predicted molar refractivity (Wildman–Crippen MR) is 99.4 cm³/mol. The highest BCUT2D eigenvalue weighted by molar-refractivity contribution is 6.09. The van der Waals surface area contributed by atoms with Crippen LogP contribution in [0.25, 0.3) is 11.0 Å². The molecule has 1 aliphatic heterocycles. The molecule has 0 saturated heterocycles. The maximum atomic E-state index is 12.9. The number of unbranched alkanes of at least 4 members (excludes halogenated alkanes) is 2. The number of aromatic nitrogens is 2. The molecular weight excluding hydrogens is 300 g/mol. The number of hydrogen-bond acceptors (Lipinski definition) is 3. The van der Waals surface area contributed by atoms with Gasteiger partial charge in [-0.3, -0.25) is 4.79 Å². The average molecular weight is 328 g/mol. The number of carbonyl (C=O) groups excluding carboxylic acids is 1. The molecule has 2 N–H and O–H groups in total. The van der Waals surface area contributed by atoms with Crippen LogP contribution in [0.5, 0.6) is 0 Å². The minimum absolute atomic E-state index is 0.185. The smallest absolute Gasteiger partial charge is 0.237 e. The van der Waals surface area contributed by atoms with Crippen LogP contribution < -0.4 is 10.6 Å². The maximum Gasteiger partial charge on any atom is 0.237 e. The van der Waals surface area contributed by atoms with Crippen molar-refractivity contribution in [3.8, 4) is 0 Å². The van der Waals surface area contributed by atoms with Gasteiger partial charge >= 0.3 is 0 Å². The van der Waals surface area contributed by atoms with Crippen molar-refractivity contribution in [2.24, 2.45) is 0 Å². The van der Waals surface area contributed by atoms with E-state index in [9.17, 15) is 4.79 Å². The van der Waals surface area contributed by atoms with E-state index in [0.717, 1.165) is 48.1 Å². The number of hydrogen-bond donors (Lipinski definition) is 1. The van der Waals surface area contributed by atoms with Crippen LogP contribution in [-0.4, -0.2) is 22.0 Å². The third-order valence-electron chi connectivity index (χ3n) is 5.08. The van der Waals surface area contributed by atoms with Crippen LogP contribution in [0.2, 0.25) is 0 Å². The highest BCUT2D eigenvalue weighted by atomic mass is 16.2. The van der Waals surface area contributed by atoms with E-state index in [1.54, 1.807) is 0 Å². The van der Waals surface area contributed by atoms with E-state index >= 15 is 0 Å². The van der Waals surface area contributed by atoms with E-state index < -0.39 is 5.41 Å². The lowest BCUT2D eigenvalue weighted by molar-refractivity contribution is -0.122. The van der Waals surface area contributed by atoms with Crippen molar-refractivity contribution < 1.29 is 4.79 Å². The summed E-state index contributed by atoms with van der Waals surface area (Å²) in [6, 6.07) is 4.39. The van der Waals surface area contributed by atoms with Crippen LogP contribution in [0.3, 0.4) is 0 Å². The molecule has 5 nitrogen and oxygen atoms in total. The summed E-state index contributed by atoms with van der Waals surface area (Å²) in [7, 11) is 0. The Morgan fingerprint density at radius 2 is 1.96 bits per heavy atom. The fourth-order valence-electron chi connectivity index (χ4n) is 3.72. The first-order chi connectivity index (χ1) is 11.3. The summed E-state index contributed by atoms with van der Waals surface area (Å²) in [4.78, 5) is 19.4. The quantitative estimate of drug-likeness (QED) is 0.843. The first-order valence-electron chi connectivity index (χ1n) is 8.93. The second kappa shape index (κ2) is 5.80. The fourth-order valence-corrected chi connectivity index (χ4v) is 3.72. The lowest BCUT2D eigenvalue weighted by atomic mass is 9.86. The second-order valence-corrected chi connectivity index (χ2v) is 7.58. The van der Waals surface area contributed by atoms with E-state index in [2.05, 4.69) is 31.8 Å². The van der Waals surface area contributed by atoms with E-state index in [1.807, 2.05) is 29.4 Å². The number of carbonyl (C=O) groups is 1. The van der Waals surface area contributed by atoms with Gasteiger partial charge in [-0.25, -0.2) is 4.98 Å². The summed E-state index contributed by atoms with van der Waals surface area (Å²) >= 11 is 0. The highest BCUT2D eigenvalue weighted by Gasteiger charge is 2.44. The van der Waals surface area contributed by atoms with Crippen LogP contribution in [0.15, 0.2) is 12.1 Å². The Kier molecular flexibility index (Phi) is 4.06. The molecule has 2 aromatic rings. The summed E-state index contributed by atoms with van der Waals surface area (Å²) in [6.07, 6.45) is 3.31. The second-order valence-electron chi connectivity index (χ2n) is 7.58. The van der Waals surface area contributed by atoms with Gasteiger partial charge in [0.05, 0.1) is 22.1 Å². The molecule has 130 valence electrons. The average Bonchev–Trinajstić information content (AvgIpc) is 2.92. The van der Waals surface area contributed by atoms with Gasteiger partial charge in [-0.05, 0) is 51.8 Å². The van der Waals surface area contributed by atoms with Crippen molar-refractivity contribution in [2.45, 2.75) is 65.3 Å². The van der Waals surface area contributed by atoms with E-state index in [0.29, 0.717) is 5.95 Å². The summed E-state index contributed by atoms with van der Waals surface area (Å²) in [5.74, 6) is 0.718. The molecule has 0 saturated carbocycles. The van der Waals surface area contributed by atoms with Crippen molar-refractivity contribution in [2.75, 3.05) is 17.2 Å². The van der Waals surface area contributed by atoms with Gasteiger partial charge < -0.3 is 15.2 Å². The Hall–Kier alpha value is -2.04. The first-order valence-corrected chi connectivity index (χ1v) is 8.93. The van der Waals surface area contributed by atoms with Gasteiger partial charge in [-0.2, -0.15) is 0 Å². The van der Waals surface area contributed by atoms with Crippen molar-refractivity contribution in [1.29, 1.82) is 0 Å². The minimum atomic E-state index is -0.503. The fraction of sp³-hybridized carbons (Fsp3) is 0.579. The molecular formula is C19H28N4O.